The summed E-state index contributed by atoms with van der Waals surface area (Å²) >= 11 is 9.02. The maximum Gasteiger partial charge on any atom is 0.234 e. The third-order valence-electron chi connectivity index (χ3n) is 3.14. The van der Waals surface area contributed by atoms with E-state index in [0.717, 1.165) is 26.5 Å². The Morgan fingerprint density at radius 1 is 1.30 bits per heavy atom. The van der Waals surface area contributed by atoms with Crippen LogP contribution in [0.15, 0.2) is 46.8 Å². The van der Waals surface area contributed by atoms with Crippen LogP contribution in [-0.4, -0.2) is 23.8 Å². The van der Waals surface area contributed by atoms with Crippen LogP contribution in [0.5, 0.6) is 5.75 Å². The van der Waals surface area contributed by atoms with Gasteiger partial charge in [-0.15, -0.1) is 23.1 Å². The molecule has 0 atom stereocenters. The van der Waals surface area contributed by atoms with Gasteiger partial charge in [-0.2, -0.15) is 0 Å². The second-order valence-electron chi connectivity index (χ2n) is 4.64. The van der Waals surface area contributed by atoms with Gasteiger partial charge in [-0.25, -0.2) is 4.98 Å². The van der Waals surface area contributed by atoms with E-state index in [1.807, 2.05) is 24.3 Å². The van der Waals surface area contributed by atoms with E-state index in [1.165, 1.54) is 23.1 Å². The number of anilines is 1. The highest BCUT2D eigenvalue weighted by atomic mass is 35.5. The van der Waals surface area contributed by atoms with Crippen molar-refractivity contribution in [1.29, 1.82) is 0 Å². The van der Waals surface area contributed by atoms with Gasteiger partial charge >= 0.3 is 0 Å². The summed E-state index contributed by atoms with van der Waals surface area (Å²) in [6, 6.07) is 11.2. The quantitative estimate of drug-likeness (QED) is 0.667. The topological polar surface area (TPSA) is 51.2 Å². The maximum absolute atomic E-state index is 12.2. The molecule has 0 spiro atoms. The summed E-state index contributed by atoms with van der Waals surface area (Å²) in [5.41, 5.74) is 3.18. The molecule has 0 aliphatic carbocycles. The predicted molar refractivity (Wildman–Crippen MR) is 97.0 cm³/mol. The number of carbonyl (C=O) groups is 1. The third-order valence-corrected chi connectivity index (χ3v) is 5.31. The standard InChI is InChI=1S/C16H13ClN2O2S2/c1-21-10-2-4-11(5-3-10)22-8-14(20)19-13-7-6-12(17)15-16(13)23-9-18-15/h2-7,9H,8H2,1H3,(H,19,20). The van der Waals surface area contributed by atoms with E-state index >= 15 is 0 Å². The number of fused-ring (bicyclic) bond motifs is 1. The Labute approximate surface area is 146 Å². The minimum atomic E-state index is -0.0668. The number of hydrogen-bond donors (Lipinski definition) is 1. The smallest absolute Gasteiger partial charge is 0.234 e. The molecule has 1 heterocycles. The Morgan fingerprint density at radius 2 is 2.09 bits per heavy atom. The molecular formula is C16H13ClN2O2S2. The van der Waals surface area contributed by atoms with Gasteiger partial charge in [-0.3, -0.25) is 4.79 Å². The fourth-order valence-electron chi connectivity index (χ4n) is 2.02. The minimum Gasteiger partial charge on any atom is -0.497 e. The van der Waals surface area contributed by atoms with Crippen molar-refractivity contribution in [3.8, 4) is 5.75 Å². The number of halogens is 1. The van der Waals surface area contributed by atoms with Gasteiger partial charge in [0.2, 0.25) is 5.91 Å². The molecule has 0 aliphatic heterocycles. The largest absolute Gasteiger partial charge is 0.497 e. The van der Waals surface area contributed by atoms with Gasteiger partial charge < -0.3 is 10.1 Å². The molecule has 0 radical (unpaired) electrons. The molecule has 1 N–H and O–H groups in total. The van der Waals surface area contributed by atoms with Crippen molar-refractivity contribution in [3.05, 3.63) is 46.9 Å². The zero-order chi connectivity index (χ0) is 16.2. The van der Waals surface area contributed by atoms with Crippen molar-refractivity contribution < 1.29 is 9.53 Å². The van der Waals surface area contributed by atoms with Crippen LogP contribution >= 0.6 is 34.7 Å². The number of thioether (sulfide) groups is 1. The first-order chi connectivity index (χ1) is 11.2. The first-order valence-electron chi connectivity index (χ1n) is 6.76. The lowest BCUT2D eigenvalue weighted by Gasteiger charge is -2.07. The Hall–Kier alpha value is -1.76. The number of nitrogens with one attached hydrogen (secondary N) is 1. The number of carbonyl (C=O) groups excluding carboxylic acids is 1. The van der Waals surface area contributed by atoms with Crippen LogP contribution in [0.4, 0.5) is 5.69 Å². The summed E-state index contributed by atoms with van der Waals surface area (Å²) < 4.78 is 6.00. The summed E-state index contributed by atoms with van der Waals surface area (Å²) in [4.78, 5) is 17.4. The number of rotatable bonds is 5. The van der Waals surface area contributed by atoms with Gasteiger partial charge in [-0.05, 0) is 36.4 Å². The Kier molecular flexibility index (Phi) is 5.05. The van der Waals surface area contributed by atoms with Crippen LogP contribution in [0.3, 0.4) is 0 Å². The van der Waals surface area contributed by atoms with E-state index in [2.05, 4.69) is 10.3 Å². The minimum absolute atomic E-state index is 0.0668. The number of hydrogen-bond acceptors (Lipinski definition) is 5. The Bertz CT molecular complexity index is 834. The molecule has 1 aromatic heterocycles. The average Bonchev–Trinajstić information content (AvgIpc) is 3.07. The summed E-state index contributed by atoms with van der Waals surface area (Å²) in [7, 11) is 1.63. The number of thiazole rings is 1. The number of benzene rings is 2. The second-order valence-corrected chi connectivity index (χ2v) is 6.95. The molecule has 23 heavy (non-hydrogen) atoms. The molecule has 0 bridgehead atoms. The SMILES string of the molecule is COc1ccc(SCC(=O)Nc2ccc(Cl)c3ncsc23)cc1. The monoisotopic (exact) mass is 364 g/mol. The number of nitrogens with zero attached hydrogens (tertiary/aromatic N) is 1. The zero-order valence-electron chi connectivity index (χ0n) is 12.2. The van der Waals surface area contributed by atoms with Crippen molar-refractivity contribution in [1.82, 2.24) is 4.98 Å². The van der Waals surface area contributed by atoms with Gasteiger partial charge in [0.25, 0.3) is 0 Å². The molecule has 7 heteroatoms. The van der Waals surface area contributed by atoms with Crippen molar-refractivity contribution in [2.24, 2.45) is 0 Å². The van der Waals surface area contributed by atoms with Crippen LogP contribution in [0, 0.1) is 0 Å². The normalized spacial score (nSPS) is 10.7. The van der Waals surface area contributed by atoms with Gasteiger partial charge in [0.1, 0.15) is 11.3 Å². The molecule has 0 fully saturated rings. The van der Waals surface area contributed by atoms with Crippen LogP contribution < -0.4 is 10.1 Å². The average molecular weight is 365 g/mol. The van der Waals surface area contributed by atoms with Crippen molar-refractivity contribution in [2.45, 2.75) is 4.90 Å². The zero-order valence-corrected chi connectivity index (χ0v) is 14.6. The van der Waals surface area contributed by atoms with Crippen LogP contribution in [0.2, 0.25) is 5.02 Å². The highest BCUT2D eigenvalue weighted by Gasteiger charge is 2.10. The fourth-order valence-corrected chi connectivity index (χ4v) is 3.77. The van der Waals surface area contributed by atoms with Gasteiger partial charge in [-0.1, -0.05) is 11.6 Å². The highest BCUT2D eigenvalue weighted by Crippen LogP contribution is 2.32. The summed E-state index contributed by atoms with van der Waals surface area (Å²) in [5.74, 6) is 1.06. The molecule has 3 aromatic rings. The molecule has 3 rings (SSSR count). The summed E-state index contributed by atoms with van der Waals surface area (Å²) in [5, 5.41) is 3.51. The molecule has 4 nitrogen and oxygen atoms in total. The van der Waals surface area contributed by atoms with E-state index < -0.39 is 0 Å². The molecule has 0 saturated heterocycles. The van der Waals surface area contributed by atoms with Crippen LogP contribution in [0.1, 0.15) is 0 Å². The molecule has 118 valence electrons. The second kappa shape index (κ2) is 7.21. The van der Waals surface area contributed by atoms with Crippen molar-refractivity contribution >= 4 is 56.5 Å². The lowest BCUT2D eigenvalue weighted by Crippen LogP contribution is -2.14. The van der Waals surface area contributed by atoms with Crippen LogP contribution in [0.25, 0.3) is 10.2 Å². The van der Waals surface area contributed by atoms with E-state index in [1.54, 1.807) is 24.8 Å². The lowest BCUT2D eigenvalue weighted by molar-refractivity contribution is -0.113. The van der Waals surface area contributed by atoms with Crippen molar-refractivity contribution in [2.75, 3.05) is 18.2 Å². The van der Waals surface area contributed by atoms with Gasteiger partial charge in [0, 0.05) is 4.90 Å². The Balaban J connectivity index is 1.64. The number of ether oxygens (including phenoxy) is 1. The summed E-state index contributed by atoms with van der Waals surface area (Å²) in [6.07, 6.45) is 0. The maximum atomic E-state index is 12.2. The molecule has 0 saturated carbocycles. The molecule has 0 unspecified atom stereocenters. The van der Waals surface area contributed by atoms with E-state index in [9.17, 15) is 4.79 Å². The lowest BCUT2D eigenvalue weighted by atomic mass is 10.3. The third kappa shape index (κ3) is 3.77. The molecule has 1 amide bonds. The fraction of sp³-hybridized carbons (Fsp3) is 0.125. The Morgan fingerprint density at radius 3 is 2.83 bits per heavy atom. The van der Waals surface area contributed by atoms with Crippen molar-refractivity contribution in [3.63, 3.8) is 0 Å². The first-order valence-corrected chi connectivity index (χ1v) is 9.00. The van der Waals surface area contributed by atoms with Gasteiger partial charge in [0.15, 0.2) is 0 Å². The van der Waals surface area contributed by atoms with E-state index in [0.29, 0.717) is 10.8 Å². The predicted octanol–water partition coefficient (Wildman–Crippen LogP) is 4.69. The van der Waals surface area contributed by atoms with Crippen LogP contribution in [-0.2, 0) is 4.79 Å². The first kappa shape index (κ1) is 16.1. The molecule has 2 aromatic carbocycles. The van der Waals surface area contributed by atoms with E-state index in [4.69, 9.17) is 16.3 Å². The number of amides is 1. The number of methoxy groups -OCH3 is 1. The van der Waals surface area contributed by atoms with E-state index in [-0.39, 0.29) is 5.91 Å². The number of aromatic nitrogens is 1. The summed E-state index contributed by atoms with van der Waals surface area (Å²) in [6.45, 7) is 0. The highest BCUT2D eigenvalue weighted by molar-refractivity contribution is 8.00. The molecular weight excluding hydrogens is 352 g/mol. The van der Waals surface area contributed by atoms with Gasteiger partial charge in [0.05, 0.1) is 33.8 Å². The molecule has 0 aliphatic rings.